The summed E-state index contributed by atoms with van der Waals surface area (Å²) in [5, 5.41) is 12.0. The van der Waals surface area contributed by atoms with Crippen molar-refractivity contribution in [3.63, 3.8) is 0 Å². The lowest BCUT2D eigenvalue weighted by molar-refractivity contribution is 0.0954. The summed E-state index contributed by atoms with van der Waals surface area (Å²) in [6, 6.07) is 5.39. The number of nitrogens with one attached hydrogen (secondary N) is 1. The van der Waals surface area contributed by atoms with Crippen molar-refractivity contribution in [3.8, 4) is 11.8 Å². The Bertz CT molecular complexity index is 503. The van der Waals surface area contributed by atoms with Crippen LogP contribution in [0.3, 0.4) is 0 Å². The highest BCUT2D eigenvalue weighted by molar-refractivity contribution is 7.99. The Hall–Kier alpha value is -1.44. The largest absolute Gasteiger partial charge is 0.384 e. The van der Waals surface area contributed by atoms with Crippen LogP contribution in [0.15, 0.2) is 18.2 Å². The SMILES string of the molecule is CSC(C)CNC(=O)c1ccc(C#CCO)c(C)c1. The molecule has 1 rings (SSSR count). The number of benzene rings is 1. The minimum absolute atomic E-state index is 0.0642. The maximum absolute atomic E-state index is 11.9. The second-order valence-corrected chi connectivity index (χ2v) is 5.52. The number of aliphatic hydroxyl groups excluding tert-OH is 1. The monoisotopic (exact) mass is 277 g/mol. The average molecular weight is 277 g/mol. The van der Waals surface area contributed by atoms with Gasteiger partial charge < -0.3 is 10.4 Å². The molecule has 0 aliphatic carbocycles. The number of carbonyl (C=O) groups is 1. The summed E-state index contributed by atoms with van der Waals surface area (Å²) >= 11 is 1.72. The molecule has 1 aromatic carbocycles. The number of hydrogen-bond donors (Lipinski definition) is 2. The van der Waals surface area contributed by atoms with E-state index in [-0.39, 0.29) is 12.5 Å². The fraction of sp³-hybridized carbons (Fsp3) is 0.400. The molecule has 1 atom stereocenters. The van der Waals surface area contributed by atoms with Gasteiger partial charge in [0.05, 0.1) is 0 Å². The van der Waals surface area contributed by atoms with Gasteiger partial charge in [0, 0.05) is 22.9 Å². The highest BCUT2D eigenvalue weighted by Gasteiger charge is 2.08. The quantitative estimate of drug-likeness (QED) is 0.825. The number of thioether (sulfide) groups is 1. The number of rotatable bonds is 4. The predicted molar refractivity (Wildman–Crippen MR) is 80.5 cm³/mol. The van der Waals surface area contributed by atoms with E-state index in [9.17, 15) is 4.79 Å². The summed E-state index contributed by atoms with van der Waals surface area (Å²) < 4.78 is 0. The normalized spacial score (nSPS) is 11.4. The van der Waals surface area contributed by atoms with E-state index in [1.54, 1.807) is 17.8 Å². The number of aryl methyl sites for hydroxylation is 1. The van der Waals surface area contributed by atoms with Crippen LogP contribution < -0.4 is 5.32 Å². The maximum Gasteiger partial charge on any atom is 0.251 e. The number of aliphatic hydroxyl groups is 1. The summed E-state index contributed by atoms with van der Waals surface area (Å²) in [6.45, 7) is 4.48. The smallest absolute Gasteiger partial charge is 0.251 e. The first kappa shape index (κ1) is 15.6. The molecule has 0 saturated carbocycles. The molecule has 0 saturated heterocycles. The molecule has 1 unspecified atom stereocenters. The summed E-state index contributed by atoms with van der Waals surface area (Å²) in [6.07, 6.45) is 2.02. The lowest BCUT2D eigenvalue weighted by Crippen LogP contribution is -2.29. The summed E-state index contributed by atoms with van der Waals surface area (Å²) in [5.74, 6) is 5.39. The first-order valence-corrected chi connectivity index (χ1v) is 7.38. The second kappa shape index (κ2) is 7.88. The van der Waals surface area contributed by atoms with E-state index in [2.05, 4.69) is 24.1 Å². The molecule has 0 aliphatic heterocycles. The maximum atomic E-state index is 11.9. The molecule has 0 heterocycles. The highest BCUT2D eigenvalue weighted by Crippen LogP contribution is 2.10. The third-order valence-electron chi connectivity index (χ3n) is 2.74. The van der Waals surface area contributed by atoms with E-state index in [4.69, 9.17) is 5.11 Å². The van der Waals surface area contributed by atoms with Crippen molar-refractivity contribution < 1.29 is 9.90 Å². The van der Waals surface area contributed by atoms with Crippen molar-refractivity contribution >= 4 is 17.7 Å². The summed E-state index contributed by atoms with van der Waals surface area (Å²) in [4.78, 5) is 11.9. The van der Waals surface area contributed by atoms with Crippen molar-refractivity contribution in [2.24, 2.45) is 0 Å². The third-order valence-corrected chi connectivity index (χ3v) is 3.71. The molecule has 0 aromatic heterocycles. The molecular weight excluding hydrogens is 258 g/mol. The van der Waals surface area contributed by atoms with Gasteiger partial charge in [0.25, 0.3) is 5.91 Å². The van der Waals surface area contributed by atoms with Crippen LogP contribution in [-0.2, 0) is 0 Å². The lowest BCUT2D eigenvalue weighted by atomic mass is 10.0. The van der Waals surface area contributed by atoms with E-state index >= 15 is 0 Å². The van der Waals surface area contributed by atoms with Gasteiger partial charge >= 0.3 is 0 Å². The first-order chi connectivity index (χ1) is 9.08. The molecule has 0 spiro atoms. The van der Waals surface area contributed by atoms with Crippen LogP contribution in [0, 0.1) is 18.8 Å². The Morgan fingerprint density at radius 3 is 2.84 bits per heavy atom. The molecular formula is C15H19NO2S. The molecule has 19 heavy (non-hydrogen) atoms. The molecule has 1 amide bonds. The van der Waals surface area contributed by atoms with E-state index in [0.717, 1.165) is 11.1 Å². The molecule has 0 radical (unpaired) electrons. The van der Waals surface area contributed by atoms with E-state index in [0.29, 0.717) is 17.4 Å². The van der Waals surface area contributed by atoms with Crippen molar-refractivity contribution in [2.45, 2.75) is 19.1 Å². The lowest BCUT2D eigenvalue weighted by Gasteiger charge is -2.10. The topological polar surface area (TPSA) is 49.3 Å². The Balaban J connectivity index is 2.74. The molecule has 0 bridgehead atoms. The van der Waals surface area contributed by atoms with Gasteiger partial charge in [-0.1, -0.05) is 18.8 Å². The second-order valence-electron chi connectivity index (χ2n) is 4.25. The fourth-order valence-electron chi connectivity index (χ4n) is 1.50. The van der Waals surface area contributed by atoms with Gasteiger partial charge in [-0.15, -0.1) is 0 Å². The molecule has 102 valence electrons. The zero-order valence-corrected chi connectivity index (χ0v) is 12.3. The molecule has 0 aliphatic rings. The van der Waals surface area contributed by atoms with Crippen LogP contribution in [0.4, 0.5) is 0 Å². The first-order valence-electron chi connectivity index (χ1n) is 6.10. The van der Waals surface area contributed by atoms with Crippen molar-refractivity contribution in [1.29, 1.82) is 0 Å². The van der Waals surface area contributed by atoms with E-state index in [1.807, 2.05) is 25.3 Å². The van der Waals surface area contributed by atoms with Crippen LogP contribution >= 0.6 is 11.8 Å². The minimum atomic E-state index is -0.158. The Morgan fingerprint density at radius 2 is 2.26 bits per heavy atom. The summed E-state index contributed by atoms with van der Waals surface area (Å²) in [7, 11) is 0. The van der Waals surface area contributed by atoms with Gasteiger partial charge in [-0.2, -0.15) is 11.8 Å². The van der Waals surface area contributed by atoms with Crippen LogP contribution in [-0.4, -0.2) is 35.7 Å². The zero-order valence-electron chi connectivity index (χ0n) is 11.5. The molecule has 2 N–H and O–H groups in total. The van der Waals surface area contributed by atoms with Gasteiger partial charge in [0.2, 0.25) is 0 Å². The van der Waals surface area contributed by atoms with Gasteiger partial charge in [-0.05, 0) is 36.9 Å². The highest BCUT2D eigenvalue weighted by atomic mass is 32.2. The zero-order chi connectivity index (χ0) is 14.3. The third kappa shape index (κ3) is 4.98. The Labute approximate surface area is 118 Å². The molecule has 1 aromatic rings. The average Bonchev–Trinajstić information content (AvgIpc) is 2.42. The van der Waals surface area contributed by atoms with Crippen LogP contribution in [0.2, 0.25) is 0 Å². The fourth-order valence-corrected chi connectivity index (χ4v) is 1.75. The minimum Gasteiger partial charge on any atom is -0.384 e. The van der Waals surface area contributed by atoms with Crippen molar-refractivity contribution in [3.05, 3.63) is 34.9 Å². The number of hydrogen-bond acceptors (Lipinski definition) is 3. The Kier molecular flexibility index (Phi) is 6.48. The molecule has 4 heteroatoms. The van der Waals surface area contributed by atoms with Gasteiger partial charge in [0.15, 0.2) is 0 Å². The number of carbonyl (C=O) groups excluding carboxylic acids is 1. The van der Waals surface area contributed by atoms with Crippen LogP contribution in [0.5, 0.6) is 0 Å². The van der Waals surface area contributed by atoms with Crippen molar-refractivity contribution in [2.75, 3.05) is 19.4 Å². The van der Waals surface area contributed by atoms with Crippen molar-refractivity contribution in [1.82, 2.24) is 5.32 Å². The van der Waals surface area contributed by atoms with Crippen LogP contribution in [0.1, 0.15) is 28.4 Å². The van der Waals surface area contributed by atoms with Crippen LogP contribution in [0.25, 0.3) is 0 Å². The summed E-state index contributed by atoms with van der Waals surface area (Å²) in [5.41, 5.74) is 2.41. The van der Waals surface area contributed by atoms with Gasteiger partial charge in [-0.3, -0.25) is 4.79 Å². The molecule has 0 fully saturated rings. The van der Waals surface area contributed by atoms with Gasteiger partial charge in [-0.25, -0.2) is 0 Å². The van der Waals surface area contributed by atoms with E-state index < -0.39 is 0 Å². The van der Waals surface area contributed by atoms with E-state index in [1.165, 1.54) is 0 Å². The Morgan fingerprint density at radius 1 is 1.53 bits per heavy atom. The van der Waals surface area contributed by atoms with Gasteiger partial charge in [0.1, 0.15) is 6.61 Å². The number of amides is 1. The predicted octanol–water partition coefficient (Wildman–Crippen LogP) is 1.82. The molecule has 3 nitrogen and oxygen atoms in total. The standard InChI is InChI=1S/C15H19NO2S/c1-11-9-14(7-6-13(11)5-4-8-17)15(18)16-10-12(2)19-3/h6-7,9,12,17H,8,10H2,1-3H3,(H,16,18).